The second-order valence-electron chi connectivity index (χ2n) is 5.81. The summed E-state index contributed by atoms with van der Waals surface area (Å²) in [6, 6.07) is 16.7. The second-order valence-corrected chi connectivity index (χ2v) is 6.25. The van der Waals surface area contributed by atoms with Crippen LogP contribution in [-0.4, -0.2) is 37.0 Å². The zero-order valence-corrected chi connectivity index (χ0v) is 15.6. The minimum absolute atomic E-state index is 0.0340. The smallest absolute Gasteiger partial charge is 0.247 e. The van der Waals surface area contributed by atoms with E-state index >= 15 is 0 Å². The van der Waals surface area contributed by atoms with Crippen molar-refractivity contribution in [2.45, 2.75) is 19.9 Å². The van der Waals surface area contributed by atoms with Crippen LogP contribution in [0, 0.1) is 0 Å². The lowest BCUT2D eigenvalue weighted by Crippen LogP contribution is -2.39. The van der Waals surface area contributed by atoms with Gasteiger partial charge in [0.15, 0.2) is 0 Å². The van der Waals surface area contributed by atoms with E-state index in [1.807, 2.05) is 54.6 Å². The topological polar surface area (TPSA) is 44.4 Å². The Bertz CT molecular complexity index is 642. The first-order chi connectivity index (χ1) is 12.1. The van der Waals surface area contributed by atoms with Gasteiger partial charge in [-0.3, -0.25) is 4.79 Å². The Kier molecular flexibility index (Phi) is 7.76. The van der Waals surface area contributed by atoms with Crippen LogP contribution >= 0.6 is 11.6 Å². The summed E-state index contributed by atoms with van der Waals surface area (Å²) in [6.07, 6.45) is 0. The van der Waals surface area contributed by atoms with E-state index in [2.05, 4.69) is 29.4 Å². The molecule has 25 heavy (non-hydrogen) atoms. The van der Waals surface area contributed by atoms with Crippen LogP contribution in [0.25, 0.3) is 0 Å². The molecule has 0 heterocycles. The number of hydrogen-bond acceptors (Lipinski definition) is 3. The fourth-order valence-electron chi connectivity index (χ4n) is 2.64. The van der Waals surface area contributed by atoms with Crippen molar-refractivity contribution in [3.63, 3.8) is 0 Å². The van der Waals surface area contributed by atoms with Gasteiger partial charge in [0.1, 0.15) is 6.04 Å². The zero-order valence-electron chi connectivity index (χ0n) is 14.8. The van der Waals surface area contributed by atoms with Crippen molar-refractivity contribution in [3.05, 3.63) is 65.2 Å². The molecular formula is C20H26ClN3O. The summed E-state index contributed by atoms with van der Waals surface area (Å²) in [5.74, 6) is -0.0340. The van der Waals surface area contributed by atoms with Gasteiger partial charge in [0.25, 0.3) is 0 Å². The van der Waals surface area contributed by atoms with Crippen LogP contribution in [0.3, 0.4) is 0 Å². The first-order valence-electron chi connectivity index (χ1n) is 8.71. The first-order valence-corrected chi connectivity index (χ1v) is 9.09. The molecular weight excluding hydrogens is 334 g/mol. The highest BCUT2D eigenvalue weighted by atomic mass is 35.5. The van der Waals surface area contributed by atoms with Gasteiger partial charge < -0.3 is 15.5 Å². The lowest BCUT2D eigenvalue weighted by Gasteiger charge is -2.22. The number of anilines is 1. The maximum Gasteiger partial charge on any atom is 0.247 e. The molecule has 0 spiro atoms. The van der Waals surface area contributed by atoms with Crippen molar-refractivity contribution < 1.29 is 4.79 Å². The van der Waals surface area contributed by atoms with Gasteiger partial charge in [-0.2, -0.15) is 0 Å². The molecule has 1 unspecified atom stereocenters. The van der Waals surface area contributed by atoms with E-state index in [1.165, 1.54) is 0 Å². The van der Waals surface area contributed by atoms with E-state index in [0.29, 0.717) is 11.6 Å². The number of nitrogens with one attached hydrogen (secondary N) is 2. The van der Waals surface area contributed by atoms with Gasteiger partial charge in [0, 0.05) is 23.8 Å². The van der Waals surface area contributed by atoms with Gasteiger partial charge in [-0.25, -0.2) is 0 Å². The van der Waals surface area contributed by atoms with Crippen molar-refractivity contribution >= 4 is 23.2 Å². The van der Waals surface area contributed by atoms with Crippen molar-refractivity contribution in [3.8, 4) is 0 Å². The van der Waals surface area contributed by atoms with Crippen LogP contribution in [0.15, 0.2) is 54.6 Å². The predicted molar refractivity (Wildman–Crippen MR) is 105 cm³/mol. The lowest BCUT2D eigenvalue weighted by atomic mass is 10.1. The van der Waals surface area contributed by atoms with Crippen LogP contribution in [0.2, 0.25) is 5.02 Å². The van der Waals surface area contributed by atoms with Gasteiger partial charge in [-0.15, -0.1) is 0 Å². The van der Waals surface area contributed by atoms with Gasteiger partial charge in [-0.05, 0) is 42.9 Å². The maximum absolute atomic E-state index is 12.8. The third-order valence-electron chi connectivity index (χ3n) is 4.17. The molecule has 5 heteroatoms. The molecule has 0 bridgehead atoms. The standard InChI is InChI=1S/C20H26ClN3O/c1-3-24(4-2)15-14-22-20(25)19(16-8-6-5-7-9-16)23-18-12-10-17(21)11-13-18/h5-13,19,23H,3-4,14-15H2,1-2H3,(H,22,25). The van der Waals surface area contributed by atoms with Gasteiger partial charge in [0.05, 0.1) is 0 Å². The molecule has 2 aromatic rings. The molecule has 0 fully saturated rings. The largest absolute Gasteiger partial charge is 0.370 e. The average molecular weight is 360 g/mol. The molecule has 1 amide bonds. The summed E-state index contributed by atoms with van der Waals surface area (Å²) in [5.41, 5.74) is 1.79. The SMILES string of the molecule is CCN(CC)CCNC(=O)C(Nc1ccc(Cl)cc1)c1ccccc1. The summed E-state index contributed by atoms with van der Waals surface area (Å²) in [6.45, 7) is 7.70. The Labute approximate surface area is 155 Å². The minimum atomic E-state index is -0.445. The van der Waals surface area contributed by atoms with Gasteiger partial charge >= 0.3 is 0 Å². The Morgan fingerprint density at radius 3 is 2.28 bits per heavy atom. The third kappa shape index (κ3) is 6.07. The quantitative estimate of drug-likeness (QED) is 0.712. The maximum atomic E-state index is 12.8. The molecule has 0 saturated heterocycles. The molecule has 4 nitrogen and oxygen atoms in total. The van der Waals surface area contributed by atoms with Gasteiger partial charge in [0.2, 0.25) is 5.91 Å². The molecule has 0 saturated carbocycles. The number of amides is 1. The van der Waals surface area contributed by atoms with E-state index in [0.717, 1.165) is 30.9 Å². The summed E-state index contributed by atoms with van der Waals surface area (Å²) in [5, 5.41) is 7.02. The first kappa shape index (κ1) is 19.3. The molecule has 2 rings (SSSR count). The molecule has 134 valence electrons. The zero-order chi connectivity index (χ0) is 18.1. The van der Waals surface area contributed by atoms with Gasteiger partial charge in [-0.1, -0.05) is 55.8 Å². The molecule has 0 radical (unpaired) electrons. The third-order valence-corrected chi connectivity index (χ3v) is 4.42. The van der Waals surface area contributed by atoms with Crippen LogP contribution in [-0.2, 0) is 4.79 Å². The van der Waals surface area contributed by atoms with E-state index in [1.54, 1.807) is 0 Å². The summed E-state index contributed by atoms with van der Waals surface area (Å²) in [7, 11) is 0. The van der Waals surface area contributed by atoms with Crippen molar-refractivity contribution in [2.24, 2.45) is 0 Å². The molecule has 0 aliphatic heterocycles. The molecule has 2 aromatic carbocycles. The fraction of sp³-hybridized carbons (Fsp3) is 0.350. The molecule has 0 aromatic heterocycles. The highest BCUT2D eigenvalue weighted by molar-refractivity contribution is 6.30. The summed E-state index contributed by atoms with van der Waals surface area (Å²) in [4.78, 5) is 15.0. The van der Waals surface area contributed by atoms with Crippen LogP contribution in [0.5, 0.6) is 0 Å². The predicted octanol–water partition coefficient (Wildman–Crippen LogP) is 3.95. The molecule has 1 atom stereocenters. The number of likely N-dealkylation sites (N-methyl/N-ethyl adjacent to an activating group) is 1. The molecule has 2 N–H and O–H groups in total. The summed E-state index contributed by atoms with van der Waals surface area (Å²) >= 11 is 5.94. The fourth-order valence-corrected chi connectivity index (χ4v) is 2.76. The Balaban J connectivity index is 2.06. The number of hydrogen-bond donors (Lipinski definition) is 2. The number of benzene rings is 2. The molecule has 0 aliphatic carbocycles. The van der Waals surface area contributed by atoms with E-state index < -0.39 is 6.04 Å². The Hall–Kier alpha value is -2.04. The number of rotatable bonds is 9. The lowest BCUT2D eigenvalue weighted by molar-refractivity contribution is -0.122. The van der Waals surface area contributed by atoms with Crippen LogP contribution in [0.4, 0.5) is 5.69 Å². The highest BCUT2D eigenvalue weighted by Gasteiger charge is 2.20. The summed E-state index contributed by atoms with van der Waals surface area (Å²) < 4.78 is 0. The van der Waals surface area contributed by atoms with Crippen molar-refractivity contribution in [1.29, 1.82) is 0 Å². The Morgan fingerprint density at radius 1 is 1.04 bits per heavy atom. The number of carbonyl (C=O) groups is 1. The number of carbonyl (C=O) groups excluding carboxylic acids is 1. The number of nitrogens with zero attached hydrogens (tertiary/aromatic N) is 1. The van der Waals surface area contributed by atoms with Crippen molar-refractivity contribution in [1.82, 2.24) is 10.2 Å². The van der Waals surface area contributed by atoms with E-state index in [9.17, 15) is 4.79 Å². The van der Waals surface area contributed by atoms with Crippen LogP contribution in [0.1, 0.15) is 25.5 Å². The van der Waals surface area contributed by atoms with E-state index in [-0.39, 0.29) is 5.91 Å². The minimum Gasteiger partial charge on any atom is -0.370 e. The second kappa shape index (κ2) is 10.1. The van der Waals surface area contributed by atoms with E-state index in [4.69, 9.17) is 11.6 Å². The van der Waals surface area contributed by atoms with Crippen LogP contribution < -0.4 is 10.6 Å². The molecule has 0 aliphatic rings. The average Bonchev–Trinajstić information content (AvgIpc) is 2.65. The van der Waals surface area contributed by atoms with Crippen molar-refractivity contribution in [2.75, 3.05) is 31.5 Å². The highest BCUT2D eigenvalue weighted by Crippen LogP contribution is 2.21. The normalized spacial score (nSPS) is 12.0. The Morgan fingerprint density at radius 2 is 1.68 bits per heavy atom. The number of halogens is 1. The monoisotopic (exact) mass is 359 g/mol.